The van der Waals surface area contributed by atoms with Crippen molar-refractivity contribution in [3.63, 3.8) is 0 Å². The Morgan fingerprint density at radius 1 is 1.35 bits per heavy atom. The molecule has 2 nitrogen and oxygen atoms in total. The van der Waals surface area contributed by atoms with Crippen LogP contribution in [0, 0.1) is 5.92 Å². The van der Waals surface area contributed by atoms with Gasteiger partial charge < -0.3 is 10.2 Å². The molecule has 0 amide bonds. The number of hydrogen-bond acceptors (Lipinski definition) is 2. The summed E-state index contributed by atoms with van der Waals surface area (Å²) in [6, 6.07) is 7.96. The molecule has 2 unspecified atom stereocenters. The van der Waals surface area contributed by atoms with E-state index in [-0.39, 0.29) is 0 Å². The lowest BCUT2D eigenvalue weighted by Crippen LogP contribution is -2.42. The minimum atomic E-state index is 0.518. The number of piperidine rings is 1. The normalized spacial score (nSPS) is 23.4. The van der Waals surface area contributed by atoms with Crippen LogP contribution in [0.25, 0.3) is 0 Å². The Morgan fingerprint density at radius 2 is 2.10 bits per heavy atom. The minimum Gasteiger partial charge on any atom is -0.369 e. The lowest BCUT2D eigenvalue weighted by Gasteiger charge is -2.39. The number of nitrogens with zero attached hydrogens (tertiary/aromatic N) is 1. The summed E-state index contributed by atoms with van der Waals surface area (Å²) in [7, 11) is 0. The number of halogens is 1. The van der Waals surface area contributed by atoms with Crippen molar-refractivity contribution in [2.24, 2.45) is 5.92 Å². The standard InChI is InChI=1S/C17H27BrN2/c1-12(2)19-11-15-7-8-16(10-17(15)18)20-9-5-6-13(3)14(20)4/h7-8,10,12-14,19H,5-6,9,11H2,1-4H3. The smallest absolute Gasteiger partial charge is 0.0380 e. The van der Waals surface area contributed by atoms with Crippen LogP contribution in [-0.2, 0) is 6.54 Å². The summed E-state index contributed by atoms with van der Waals surface area (Å²) in [6.07, 6.45) is 2.66. The third kappa shape index (κ3) is 3.76. The Hall–Kier alpha value is -0.540. The van der Waals surface area contributed by atoms with Crippen LogP contribution >= 0.6 is 15.9 Å². The Kier molecular flexibility index (Phi) is 5.50. The minimum absolute atomic E-state index is 0.518. The molecule has 3 heteroatoms. The van der Waals surface area contributed by atoms with Crippen molar-refractivity contribution in [2.75, 3.05) is 11.4 Å². The average Bonchev–Trinajstić information content (AvgIpc) is 2.40. The Bertz CT molecular complexity index is 445. The fourth-order valence-electron chi connectivity index (χ4n) is 2.87. The molecule has 1 heterocycles. The first-order valence-electron chi connectivity index (χ1n) is 7.77. The highest BCUT2D eigenvalue weighted by Gasteiger charge is 2.25. The first kappa shape index (κ1) is 15.8. The highest BCUT2D eigenvalue weighted by atomic mass is 79.9. The van der Waals surface area contributed by atoms with Crippen molar-refractivity contribution in [1.29, 1.82) is 0 Å². The van der Waals surface area contributed by atoms with E-state index >= 15 is 0 Å². The van der Waals surface area contributed by atoms with Gasteiger partial charge in [0.15, 0.2) is 0 Å². The number of benzene rings is 1. The molecule has 112 valence electrons. The Morgan fingerprint density at radius 3 is 2.75 bits per heavy atom. The summed E-state index contributed by atoms with van der Waals surface area (Å²) >= 11 is 3.73. The molecule has 1 aromatic carbocycles. The van der Waals surface area contributed by atoms with Crippen molar-refractivity contribution < 1.29 is 0 Å². The molecule has 0 bridgehead atoms. The lowest BCUT2D eigenvalue weighted by molar-refractivity contribution is 0.363. The van der Waals surface area contributed by atoms with Crippen LogP contribution in [0.1, 0.15) is 46.1 Å². The molecule has 0 spiro atoms. The van der Waals surface area contributed by atoms with Gasteiger partial charge >= 0.3 is 0 Å². The molecule has 1 fully saturated rings. The summed E-state index contributed by atoms with van der Waals surface area (Å²) < 4.78 is 1.22. The molecule has 0 radical (unpaired) electrons. The van der Waals surface area contributed by atoms with Gasteiger partial charge in [-0.25, -0.2) is 0 Å². The van der Waals surface area contributed by atoms with Crippen molar-refractivity contribution in [3.8, 4) is 0 Å². The van der Waals surface area contributed by atoms with E-state index in [1.165, 1.54) is 35.1 Å². The van der Waals surface area contributed by atoms with E-state index in [0.29, 0.717) is 12.1 Å². The molecule has 2 rings (SSSR count). The van der Waals surface area contributed by atoms with Gasteiger partial charge in [-0.2, -0.15) is 0 Å². The molecule has 0 saturated carbocycles. The topological polar surface area (TPSA) is 15.3 Å². The van der Waals surface area contributed by atoms with Crippen molar-refractivity contribution in [2.45, 2.75) is 59.2 Å². The Labute approximate surface area is 132 Å². The second-order valence-electron chi connectivity index (χ2n) is 6.36. The van der Waals surface area contributed by atoms with Crippen LogP contribution in [-0.4, -0.2) is 18.6 Å². The van der Waals surface area contributed by atoms with Crippen LogP contribution in [0.2, 0.25) is 0 Å². The quantitative estimate of drug-likeness (QED) is 0.864. The van der Waals surface area contributed by atoms with Gasteiger partial charge in [-0.05, 0) is 43.4 Å². The first-order valence-corrected chi connectivity index (χ1v) is 8.56. The van der Waals surface area contributed by atoms with Gasteiger partial charge in [0.25, 0.3) is 0 Å². The summed E-state index contributed by atoms with van der Waals surface area (Å²) in [4.78, 5) is 2.55. The maximum atomic E-state index is 3.73. The van der Waals surface area contributed by atoms with Gasteiger partial charge in [0.05, 0.1) is 0 Å². The van der Waals surface area contributed by atoms with Gasteiger partial charge in [-0.3, -0.25) is 0 Å². The second kappa shape index (κ2) is 6.95. The monoisotopic (exact) mass is 338 g/mol. The van der Waals surface area contributed by atoms with E-state index in [1.807, 2.05) is 0 Å². The summed E-state index contributed by atoms with van der Waals surface area (Å²) in [5.41, 5.74) is 2.68. The van der Waals surface area contributed by atoms with Gasteiger partial charge in [0.2, 0.25) is 0 Å². The molecule has 0 aromatic heterocycles. The number of anilines is 1. The van der Waals surface area contributed by atoms with E-state index in [0.717, 1.165) is 12.5 Å². The largest absolute Gasteiger partial charge is 0.369 e. The summed E-state index contributed by atoms with van der Waals surface area (Å²) in [6.45, 7) is 11.2. The fraction of sp³-hybridized carbons (Fsp3) is 0.647. The third-order valence-corrected chi connectivity index (χ3v) is 5.18. The van der Waals surface area contributed by atoms with Gasteiger partial charge in [0, 0.05) is 35.3 Å². The number of nitrogens with one attached hydrogen (secondary N) is 1. The van der Waals surface area contributed by atoms with Gasteiger partial charge in [-0.1, -0.05) is 42.8 Å². The van der Waals surface area contributed by atoms with Crippen LogP contribution in [0.15, 0.2) is 22.7 Å². The average molecular weight is 339 g/mol. The zero-order chi connectivity index (χ0) is 14.7. The first-order chi connectivity index (χ1) is 9.49. The molecule has 1 aromatic rings. The second-order valence-corrected chi connectivity index (χ2v) is 7.22. The number of hydrogen-bond donors (Lipinski definition) is 1. The van der Waals surface area contributed by atoms with Gasteiger partial charge in [0.1, 0.15) is 0 Å². The highest BCUT2D eigenvalue weighted by Crippen LogP contribution is 2.31. The van der Waals surface area contributed by atoms with Crippen molar-refractivity contribution >= 4 is 21.6 Å². The van der Waals surface area contributed by atoms with Crippen molar-refractivity contribution in [3.05, 3.63) is 28.2 Å². The lowest BCUT2D eigenvalue weighted by atomic mass is 9.91. The summed E-state index contributed by atoms with van der Waals surface area (Å²) in [5, 5.41) is 3.47. The van der Waals surface area contributed by atoms with Crippen LogP contribution in [0.5, 0.6) is 0 Å². The van der Waals surface area contributed by atoms with E-state index in [4.69, 9.17) is 0 Å². The van der Waals surface area contributed by atoms with E-state index in [1.54, 1.807) is 0 Å². The molecular formula is C17H27BrN2. The highest BCUT2D eigenvalue weighted by molar-refractivity contribution is 9.10. The zero-order valence-corrected chi connectivity index (χ0v) is 14.7. The zero-order valence-electron chi connectivity index (χ0n) is 13.1. The molecule has 1 aliphatic rings. The fourth-order valence-corrected chi connectivity index (χ4v) is 3.38. The van der Waals surface area contributed by atoms with E-state index < -0.39 is 0 Å². The van der Waals surface area contributed by atoms with Crippen LogP contribution in [0.3, 0.4) is 0 Å². The van der Waals surface area contributed by atoms with E-state index in [2.05, 4.69) is 72.0 Å². The molecule has 20 heavy (non-hydrogen) atoms. The van der Waals surface area contributed by atoms with Crippen LogP contribution < -0.4 is 10.2 Å². The molecule has 0 aliphatic carbocycles. The molecule has 1 saturated heterocycles. The maximum absolute atomic E-state index is 3.73. The van der Waals surface area contributed by atoms with Crippen molar-refractivity contribution in [1.82, 2.24) is 5.32 Å². The summed E-state index contributed by atoms with van der Waals surface area (Å²) in [5.74, 6) is 0.782. The Balaban J connectivity index is 2.12. The predicted octanol–water partition coefficient (Wildman–Crippen LogP) is 4.57. The number of rotatable bonds is 4. The maximum Gasteiger partial charge on any atom is 0.0380 e. The predicted molar refractivity (Wildman–Crippen MR) is 91.3 cm³/mol. The SMILES string of the molecule is CC(C)NCc1ccc(N2CCCC(C)C2C)cc1Br. The molecular weight excluding hydrogens is 312 g/mol. The molecule has 1 N–H and O–H groups in total. The van der Waals surface area contributed by atoms with E-state index in [9.17, 15) is 0 Å². The molecule has 1 aliphatic heterocycles. The third-order valence-electron chi connectivity index (χ3n) is 4.44. The van der Waals surface area contributed by atoms with Crippen LogP contribution in [0.4, 0.5) is 5.69 Å². The molecule has 2 atom stereocenters. The van der Waals surface area contributed by atoms with Gasteiger partial charge in [-0.15, -0.1) is 0 Å².